The number of hydrogen-bond donors (Lipinski definition) is 2. The summed E-state index contributed by atoms with van der Waals surface area (Å²) in [5, 5.41) is 10.6. The number of carboxylic acids is 1. The lowest BCUT2D eigenvalue weighted by Gasteiger charge is -2.10. The molecule has 5 nitrogen and oxygen atoms in total. The molecule has 0 unspecified atom stereocenters. The molecule has 1 aliphatic carbocycles. The molecule has 1 aromatic heterocycles. The summed E-state index contributed by atoms with van der Waals surface area (Å²) in [6.45, 7) is -0.0466. The quantitative estimate of drug-likeness (QED) is 0.854. The Hall–Kier alpha value is -0.440. The van der Waals surface area contributed by atoms with Gasteiger partial charge in [-0.1, -0.05) is 0 Å². The van der Waals surface area contributed by atoms with Crippen molar-refractivity contribution in [3.8, 4) is 0 Å². The second-order valence-electron chi connectivity index (χ2n) is 3.97. The van der Waals surface area contributed by atoms with Gasteiger partial charge in [0.1, 0.15) is 4.21 Å². The third-order valence-electron chi connectivity index (χ3n) is 2.74. The van der Waals surface area contributed by atoms with Crippen molar-refractivity contribution < 1.29 is 18.3 Å². The van der Waals surface area contributed by atoms with Crippen molar-refractivity contribution >= 4 is 43.3 Å². The first-order valence-corrected chi connectivity index (χ1v) is 7.99. The van der Waals surface area contributed by atoms with Crippen LogP contribution in [0.3, 0.4) is 0 Å². The lowest BCUT2D eigenvalue weighted by Crippen LogP contribution is -2.34. The Morgan fingerprint density at radius 2 is 2.24 bits per heavy atom. The van der Waals surface area contributed by atoms with Gasteiger partial charge in [0, 0.05) is 11.0 Å². The van der Waals surface area contributed by atoms with Crippen molar-refractivity contribution in [1.29, 1.82) is 0 Å². The van der Waals surface area contributed by atoms with E-state index in [2.05, 4.69) is 20.7 Å². The standard InChI is InChI=1S/C9H10BrNO4S2/c10-6-1-4-16-7(6)17(14,15)11-5-9(2-3-9)8(12)13/h1,4,11H,2-3,5H2,(H,12,13). The van der Waals surface area contributed by atoms with Crippen molar-refractivity contribution in [2.24, 2.45) is 5.41 Å². The maximum Gasteiger partial charge on any atom is 0.310 e. The summed E-state index contributed by atoms with van der Waals surface area (Å²) >= 11 is 4.23. The number of carboxylic acid groups (broad SMARTS) is 1. The van der Waals surface area contributed by atoms with Crippen molar-refractivity contribution in [3.05, 3.63) is 15.9 Å². The highest BCUT2D eigenvalue weighted by Gasteiger charge is 2.50. The normalized spacial score (nSPS) is 17.9. The highest BCUT2D eigenvalue weighted by atomic mass is 79.9. The zero-order valence-corrected chi connectivity index (χ0v) is 11.9. The van der Waals surface area contributed by atoms with Crippen LogP contribution in [0.2, 0.25) is 0 Å². The fourth-order valence-electron chi connectivity index (χ4n) is 1.39. The summed E-state index contributed by atoms with van der Waals surface area (Å²) in [7, 11) is -3.62. The van der Waals surface area contributed by atoms with Crippen LogP contribution < -0.4 is 4.72 Å². The number of thiophene rings is 1. The monoisotopic (exact) mass is 339 g/mol. The van der Waals surface area contributed by atoms with Gasteiger partial charge in [-0.05, 0) is 40.2 Å². The van der Waals surface area contributed by atoms with Gasteiger partial charge in [0.05, 0.1) is 5.41 Å². The number of carbonyl (C=O) groups is 1. The predicted molar refractivity (Wildman–Crippen MR) is 66.5 cm³/mol. The number of rotatable bonds is 5. The molecule has 1 fully saturated rings. The fourth-order valence-corrected chi connectivity index (χ4v) is 4.89. The summed E-state index contributed by atoms with van der Waals surface area (Å²) in [6.07, 6.45) is 1.05. The van der Waals surface area contributed by atoms with Gasteiger partial charge >= 0.3 is 5.97 Å². The van der Waals surface area contributed by atoms with E-state index in [1.807, 2.05) is 0 Å². The van der Waals surface area contributed by atoms with Crippen molar-refractivity contribution in [3.63, 3.8) is 0 Å². The Morgan fingerprint density at radius 3 is 2.65 bits per heavy atom. The Labute approximate surface area is 111 Å². The lowest BCUT2D eigenvalue weighted by atomic mass is 10.1. The number of hydrogen-bond acceptors (Lipinski definition) is 4. The van der Waals surface area contributed by atoms with Crippen molar-refractivity contribution in [1.82, 2.24) is 4.72 Å². The molecule has 8 heteroatoms. The molecule has 0 bridgehead atoms. The fraction of sp³-hybridized carbons (Fsp3) is 0.444. The van der Waals surface area contributed by atoms with E-state index in [4.69, 9.17) is 5.11 Å². The van der Waals surface area contributed by atoms with Gasteiger partial charge in [-0.3, -0.25) is 4.79 Å². The minimum absolute atomic E-state index is 0.0466. The third kappa shape index (κ3) is 2.54. The minimum Gasteiger partial charge on any atom is -0.481 e. The minimum atomic E-state index is -3.62. The Bertz CT molecular complexity index is 547. The SMILES string of the molecule is O=C(O)C1(CNS(=O)(=O)c2sccc2Br)CC1. The van der Waals surface area contributed by atoms with Gasteiger partial charge in [0.25, 0.3) is 10.0 Å². The maximum absolute atomic E-state index is 11.9. The smallest absolute Gasteiger partial charge is 0.310 e. The number of halogens is 1. The molecule has 0 saturated heterocycles. The second-order valence-corrected chi connectivity index (χ2v) is 7.70. The van der Waals surface area contributed by atoms with Gasteiger partial charge in [-0.2, -0.15) is 0 Å². The van der Waals surface area contributed by atoms with Crippen LogP contribution in [0, 0.1) is 5.41 Å². The Morgan fingerprint density at radius 1 is 1.59 bits per heavy atom. The average Bonchev–Trinajstić information content (AvgIpc) is 2.92. The van der Waals surface area contributed by atoms with E-state index in [-0.39, 0.29) is 10.8 Å². The maximum atomic E-state index is 11.9. The molecule has 2 rings (SSSR count). The largest absolute Gasteiger partial charge is 0.481 e. The molecule has 0 radical (unpaired) electrons. The van der Waals surface area contributed by atoms with Crippen LogP contribution in [-0.2, 0) is 14.8 Å². The topological polar surface area (TPSA) is 83.5 Å². The summed E-state index contributed by atoms with van der Waals surface area (Å²) in [5.74, 6) is -0.939. The molecule has 0 spiro atoms. The van der Waals surface area contributed by atoms with Crippen LogP contribution in [0.15, 0.2) is 20.1 Å². The highest BCUT2D eigenvalue weighted by Crippen LogP contribution is 2.45. The van der Waals surface area contributed by atoms with E-state index < -0.39 is 21.4 Å². The van der Waals surface area contributed by atoms with Gasteiger partial charge in [0.2, 0.25) is 0 Å². The van der Waals surface area contributed by atoms with Gasteiger partial charge in [0.15, 0.2) is 0 Å². The molecule has 1 heterocycles. The second kappa shape index (κ2) is 4.34. The first-order chi connectivity index (χ1) is 7.87. The van der Waals surface area contributed by atoms with Crippen LogP contribution in [0.4, 0.5) is 0 Å². The van der Waals surface area contributed by atoms with Crippen molar-refractivity contribution in [2.45, 2.75) is 17.1 Å². The molecule has 1 saturated carbocycles. The van der Waals surface area contributed by atoms with E-state index >= 15 is 0 Å². The predicted octanol–water partition coefficient (Wildman–Crippen LogP) is 1.65. The van der Waals surface area contributed by atoms with Crippen LogP contribution in [0.25, 0.3) is 0 Å². The summed E-state index contributed by atoms with van der Waals surface area (Å²) < 4.78 is 26.8. The molecule has 0 amide bonds. The molecule has 1 aromatic rings. The van der Waals surface area contributed by atoms with E-state index in [1.54, 1.807) is 11.4 Å². The molecule has 0 aliphatic heterocycles. The molecule has 94 valence electrons. The number of nitrogens with one attached hydrogen (secondary N) is 1. The third-order valence-corrected chi connectivity index (χ3v) is 6.81. The van der Waals surface area contributed by atoms with Crippen LogP contribution >= 0.6 is 27.3 Å². The first-order valence-electron chi connectivity index (χ1n) is 4.83. The molecule has 1 aliphatic rings. The molecular formula is C9H10BrNO4S2. The zero-order chi connectivity index (χ0) is 12.7. The zero-order valence-electron chi connectivity index (χ0n) is 8.64. The molecule has 2 N–H and O–H groups in total. The highest BCUT2D eigenvalue weighted by molar-refractivity contribution is 9.10. The Balaban J connectivity index is 2.10. The van der Waals surface area contributed by atoms with Crippen LogP contribution in [0.1, 0.15) is 12.8 Å². The van der Waals surface area contributed by atoms with E-state index in [9.17, 15) is 13.2 Å². The summed E-state index contributed by atoms with van der Waals surface area (Å²) in [6, 6.07) is 1.64. The Kier molecular flexibility index (Phi) is 3.32. The van der Waals surface area contributed by atoms with E-state index in [1.165, 1.54) is 0 Å². The van der Waals surface area contributed by atoms with E-state index in [0.717, 1.165) is 11.3 Å². The van der Waals surface area contributed by atoms with E-state index in [0.29, 0.717) is 17.3 Å². The summed E-state index contributed by atoms with van der Waals surface area (Å²) in [4.78, 5) is 10.9. The molecule has 0 atom stereocenters. The lowest BCUT2D eigenvalue weighted by molar-refractivity contribution is -0.142. The molecular weight excluding hydrogens is 330 g/mol. The van der Waals surface area contributed by atoms with Gasteiger partial charge in [-0.25, -0.2) is 13.1 Å². The van der Waals surface area contributed by atoms with Gasteiger partial charge in [-0.15, -0.1) is 11.3 Å². The van der Waals surface area contributed by atoms with Gasteiger partial charge < -0.3 is 5.11 Å². The van der Waals surface area contributed by atoms with Crippen LogP contribution in [-0.4, -0.2) is 26.0 Å². The van der Waals surface area contributed by atoms with Crippen LogP contribution in [0.5, 0.6) is 0 Å². The first kappa shape index (κ1) is 13.0. The average molecular weight is 340 g/mol. The molecule has 0 aromatic carbocycles. The van der Waals surface area contributed by atoms with Crippen molar-refractivity contribution in [2.75, 3.05) is 6.54 Å². The number of aliphatic carboxylic acids is 1. The number of sulfonamides is 1. The molecule has 17 heavy (non-hydrogen) atoms. The summed E-state index contributed by atoms with van der Waals surface area (Å²) in [5.41, 5.74) is -0.892.